The topological polar surface area (TPSA) is 60.6 Å². The van der Waals surface area contributed by atoms with E-state index in [1.807, 2.05) is 5.57 Å². The van der Waals surface area contributed by atoms with Crippen LogP contribution in [0.4, 0.5) is 0 Å². The third-order valence-corrected chi connectivity index (χ3v) is 18.2. The molecule has 8 aliphatic carbocycles. The van der Waals surface area contributed by atoms with Gasteiger partial charge in [-0.2, -0.15) is 0 Å². The number of hydrogen-bond acceptors (Lipinski definition) is 6. The number of fused-ring (bicyclic) bond motifs is 5. The zero-order valence-electron chi connectivity index (χ0n) is 35.3. The van der Waals surface area contributed by atoms with Gasteiger partial charge in [0, 0.05) is 41.6 Å². The van der Waals surface area contributed by atoms with E-state index in [-0.39, 0.29) is 6.29 Å². The van der Waals surface area contributed by atoms with E-state index in [0.717, 1.165) is 17.8 Å². The first kappa shape index (κ1) is 38.2. The maximum atomic E-state index is 7.50. The van der Waals surface area contributed by atoms with Gasteiger partial charge in [-0.05, 0) is 176 Å². The van der Waals surface area contributed by atoms with E-state index >= 15 is 0 Å². The highest BCUT2D eigenvalue weighted by molar-refractivity contribution is 5.29. The van der Waals surface area contributed by atoms with E-state index in [4.69, 9.17) is 4.74 Å². The fraction of sp³-hybridized carbons (Fsp3) is 0.804. The van der Waals surface area contributed by atoms with Crippen molar-refractivity contribution in [3.63, 3.8) is 0 Å². The Morgan fingerprint density at radius 2 is 1.44 bits per heavy atom. The molecule has 4 N–H and O–H groups in total. The zero-order chi connectivity index (χ0) is 37.7. The van der Waals surface area contributed by atoms with Gasteiger partial charge in [-0.15, -0.1) is 0 Å². The minimum absolute atomic E-state index is 0.230. The molecule has 0 amide bonds. The second-order valence-corrected chi connectivity index (χ2v) is 21.2. The summed E-state index contributed by atoms with van der Waals surface area (Å²) in [6.45, 7) is 0. The van der Waals surface area contributed by atoms with Crippen LogP contribution >= 0.6 is 0 Å². The molecule has 0 aromatic carbocycles. The Kier molecular flexibility index (Phi) is 11.4. The molecule has 0 aromatic heterocycles. The molecular weight excluding hydrogens is 699 g/mol. The molecule has 11 rings (SSSR count). The number of rotatable bonds is 7. The van der Waals surface area contributed by atoms with E-state index in [0.29, 0.717) is 78.2 Å². The number of ether oxygens (including phenoxy) is 1. The first-order valence-corrected chi connectivity index (χ1v) is 25.1. The third kappa shape index (κ3) is 7.55. The Balaban J connectivity index is 0.825. The minimum Gasteiger partial charge on any atom is -0.374 e. The van der Waals surface area contributed by atoms with E-state index in [2.05, 4.69) is 74.8 Å². The number of allylic oxidation sites excluding steroid dienone is 6. The number of nitrogens with one attached hydrogen (secondary N) is 4. The minimum atomic E-state index is 0.230. The van der Waals surface area contributed by atoms with Crippen molar-refractivity contribution in [2.24, 2.45) is 53.3 Å². The Morgan fingerprint density at radius 3 is 2.33 bits per heavy atom. The van der Waals surface area contributed by atoms with Gasteiger partial charge in [0.15, 0.2) is 0 Å². The van der Waals surface area contributed by atoms with Gasteiger partial charge < -0.3 is 15.0 Å². The molecule has 3 saturated carbocycles. The smallest absolute Gasteiger partial charge is 0.137 e. The molecular formula is C51H77N5O. The molecule has 3 aliphatic heterocycles. The SMILES string of the molecule is C1=CC(NC2CCC=CC2C2C=CC3C(C2)OC2C(C4NC(C5CCC(C6CC=CCC6)CC5)NC(N5C6=C(CCCC6)C6CCCCC65)N4)CCCC32)CCC1. The summed E-state index contributed by atoms with van der Waals surface area (Å²) in [5, 5.41) is 17.3. The fourth-order valence-electron chi connectivity index (χ4n) is 15.4. The predicted octanol–water partition coefficient (Wildman–Crippen LogP) is 9.98. The van der Waals surface area contributed by atoms with Crippen LogP contribution in [0, 0.1) is 53.3 Å². The van der Waals surface area contributed by atoms with Crippen molar-refractivity contribution in [2.75, 3.05) is 0 Å². The summed E-state index contributed by atoms with van der Waals surface area (Å²) < 4.78 is 7.50. The summed E-state index contributed by atoms with van der Waals surface area (Å²) in [5.41, 5.74) is 3.62. The third-order valence-electron chi connectivity index (χ3n) is 18.2. The molecule has 312 valence electrons. The van der Waals surface area contributed by atoms with E-state index in [1.165, 1.54) is 154 Å². The summed E-state index contributed by atoms with van der Waals surface area (Å²) in [4.78, 5) is 2.98. The second-order valence-electron chi connectivity index (χ2n) is 21.2. The summed E-state index contributed by atoms with van der Waals surface area (Å²) in [6.07, 6.45) is 54.0. The molecule has 5 fully saturated rings. The maximum absolute atomic E-state index is 7.50. The lowest BCUT2D eigenvalue weighted by molar-refractivity contribution is -0.0645. The Bertz CT molecular complexity index is 1560. The van der Waals surface area contributed by atoms with E-state index in [9.17, 15) is 0 Å². The molecule has 2 saturated heterocycles. The Hall–Kier alpha value is -1.70. The largest absolute Gasteiger partial charge is 0.374 e. The standard InChI is InChI=1S/C51H77N5O/c1-3-14-33(15-4-1)34-26-28-35(29-27-34)49-53-50(55-51(54-49)56-45-24-11-8-19-39(45)40-20-9-12-25-46(40)56)43-22-13-21-42-41-31-30-36(32-47(41)57-48(42)43)38-18-7-10-23-44(38)52-37-16-5-2-6-17-37/h1,3,5,7,16,18,30-31,33-39,41-45,47-55H,2,4,6,8-15,17,19-29,32H2. The molecule has 15 unspecified atom stereocenters. The molecule has 15 atom stereocenters. The van der Waals surface area contributed by atoms with Gasteiger partial charge in [-0.3, -0.25) is 16.0 Å². The monoisotopic (exact) mass is 776 g/mol. The molecule has 0 radical (unpaired) electrons. The highest BCUT2D eigenvalue weighted by Crippen LogP contribution is 2.52. The lowest BCUT2D eigenvalue weighted by Crippen LogP contribution is -2.76. The first-order valence-electron chi connectivity index (χ1n) is 25.1. The van der Waals surface area contributed by atoms with Crippen LogP contribution in [0.15, 0.2) is 59.9 Å². The lowest BCUT2D eigenvalue weighted by atomic mass is 9.68. The van der Waals surface area contributed by atoms with Gasteiger partial charge in [0.05, 0.1) is 24.5 Å². The van der Waals surface area contributed by atoms with Gasteiger partial charge in [0.2, 0.25) is 0 Å². The van der Waals surface area contributed by atoms with Gasteiger partial charge in [-0.1, -0.05) is 67.9 Å². The normalized spacial score (nSPS) is 48.4. The van der Waals surface area contributed by atoms with Crippen molar-refractivity contribution in [2.45, 2.75) is 203 Å². The molecule has 57 heavy (non-hydrogen) atoms. The van der Waals surface area contributed by atoms with Crippen LogP contribution in [-0.4, -0.2) is 53.9 Å². The molecule has 0 spiro atoms. The van der Waals surface area contributed by atoms with Crippen LogP contribution in [0.3, 0.4) is 0 Å². The van der Waals surface area contributed by atoms with E-state index in [1.54, 1.807) is 5.70 Å². The van der Waals surface area contributed by atoms with Crippen molar-refractivity contribution in [3.8, 4) is 0 Å². The first-order chi connectivity index (χ1) is 28.2. The summed E-state index contributed by atoms with van der Waals surface area (Å²) in [7, 11) is 0. The predicted molar refractivity (Wildman–Crippen MR) is 232 cm³/mol. The molecule has 3 heterocycles. The van der Waals surface area contributed by atoms with Crippen molar-refractivity contribution in [1.82, 2.24) is 26.2 Å². The Morgan fingerprint density at radius 1 is 0.596 bits per heavy atom. The highest BCUT2D eigenvalue weighted by Gasteiger charge is 2.54. The summed E-state index contributed by atoms with van der Waals surface area (Å²) in [5.74, 6) is 6.29. The molecule has 0 bridgehead atoms. The van der Waals surface area contributed by atoms with Gasteiger partial charge in [-0.25, -0.2) is 0 Å². The van der Waals surface area contributed by atoms with Crippen LogP contribution in [0.2, 0.25) is 0 Å². The summed E-state index contributed by atoms with van der Waals surface area (Å²) in [6, 6.07) is 1.82. The van der Waals surface area contributed by atoms with Crippen LogP contribution in [-0.2, 0) is 4.74 Å². The quantitative estimate of drug-likeness (QED) is 0.193. The van der Waals surface area contributed by atoms with Crippen LogP contribution in [0.25, 0.3) is 0 Å². The van der Waals surface area contributed by atoms with Crippen LogP contribution in [0.1, 0.15) is 154 Å². The fourth-order valence-corrected chi connectivity index (χ4v) is 15.4. The molecule has 0 aromatic rings. The Labute approximate surface area is 346 Å². The second kappa shape index (κ2) is 17.0. The van der Waals surface area contributed by atoms with Crippen molar-refractivity contribution >= 4 is 0 Å². The van der Waals surface area contributed by atoms with Crippen molar-refractivity contribution < 1.29 is 4.74 Å². The summed E-state index contributed by atoms with van der Waals surface area (Å²) >= 11 is 0. The van der Waals surface area contributed by atoms with Crippen molar-refractivity contribution in [3.05, 3.63) is 59.9 Å². The maximum Gasteiger partial charge on any atom is 0.137 e. The van der Waals surface area contributed by atoms with Gasteiger partial charge >= 0.3 is 0 Å². The van der Waals surface area contributed by atoms with Crippen LogP contribution in [0.5, 0.6) is 0 Å². The zero-order valence-corrected chi connectivity index (χ0v) is 35.3. The highest BCUT2D eigenvalue weighted by atomic mass is 16.5. The van der Waals surface area contributed by atoms with Gasteiger partial charge in [0.25, 0.3) is 0 Å². The van der Waals surface area contributed by atoms with Crippen molar-refractivity contribution in [1.29, 1.82) is 0 Å². The molecule has 6 nitrogen and oxygen atoms in total. The van der Waals surface area contributed by atoms with Crippen LogP contribution < -0.4 is 21.3 Å². The number of nitrogens with zero attached hydrogens (tertiary/aromatic N) is 1. The average Bonchev–Trinajstić information content (AvgIpc) is 3.83. The molecule has 6 heteroatoms. The van der Waals surface area contributed by atoms with Gasteiger partial charge in [0.1, 0.15) is 6.29 Å². The average molecular weight is 776 g/mol. The van der Waals surface area contributed by atoms with E-state index < -0.39 is 0 Å². The molecule has 11 aliphatic rings. The number of hydrogen-bond donors (Lipinski definition) is 4. The lowest BCUT2D eigenvalue weighted by Gasteiger charge is -2.52.